The maximum absolute atomic E-state index is 13.4. The number of nitrogens with zero attached hydrogens (tertiary/aromatic N) is 2. The number of hydrogen-bond acceptors (Lipinski definition) is 5. The number of hydrogen-bond donors (Lipinski definition) is 0. The number of thioether (sulfide) groups is 1. The maximum atomic E-state index is 13.4. The van der Waals surface area contributed by atoms with E-state index in [1.165, 1.54) is 18.2 Å². The fourth-order valence-corrected chi connectivity index (χ4v) is 6.50. The molecule has 8 heteroatoms. The monoisotopic (exact) mass is 420 g/mol. The van der Waals surface area contributed by atoms with Gasteiger partial charge in [-0.25, -0.2) is 17.1 Å². The smallest absolute Gasteiger partial charge is 0.269 e. The van der Waals surface area contributed by atoms with Crippen LogP contribution in [0.4, 0.5) is 4.39 Å². The second-order valence-corrected chi connectivity index (χ2v) is 9.92. The molecule has 148 valence electrons. The lowest BCUT2D eigenvalue weighted by Crippen LogP contribution is -2.38. The molecule has 1 unspecified atom stereocenters. The van der Waals surface area contributed by atoms with Crippen LogP contribution in [0.3, 0.4) is 0 Å². The lowest BCUT2D eigenvalue weighted by molar-refractivity contribution is 0.0820. The number of carbonyl (C=O) groups excluding carboxylic acids is 1. The Bertz CT molecular complexity index is 973. The van der Waals surface area contributed by atoms with Crippen molar-refractivity contribution in [3.63, 3.8) is 0 Å². The third kappa shape index (κ3) is 3.56. The molecule has 2 aliphatic rings. The minimum absolute atomic E-state index is 0.0430. The molecule has 0 saturated carbocycles. The molecule has 1 saturated heterocycles. The zero-order chi connectivity index (χ0) is 19.7. The van der Waals surface area contributed by atoms with Crippen LogP contribution in [0.1, 0.15) is 28.4 Å². The molecule has 2 aromatic carbocycles. The van der Waals surface area contributed by atoms with Gasteiger partial charge in [0.1, 0.15) is 10.7 Å². The highest BCUT2D eigenvalue weighted by Gasteiger charge is 2.45. The minimum atomic E-state index is -3.94. The molecule has 0 bridgehead atoms. The van der Waals surface area contributed by atoms with Crippen molar-refractivity contribution >= 4 is 27.7 Å². The van der Waals surface area contributed by atoms with E-state index < -0.39 is 27.8 Å². The molecule has 0 radical (unpaired) electrons. The second-order valence-electron chi connectivity index (χ2n) is 6.91. The molecular weight excluding hydrogens is 399 g/mol. The van der Waals surface area contributed by atoms with Gasteiger partial charge in [0.25, 0.3) is 15.9 Å². The van der Waals surface area contributed by atoms with Gasteiger partial charge in [-0.3, -0.25) is 4.79 Å². The number of benzene rings is 2. The van der Waals surface area contributed by atoms with E-state index in [9.17, 15) is 17.6 Å². The van der Waals surface area contributed by atoms with E-state index in [-0.39, 0.29) is 10.5 Å². The summed E-state index contributed by atoms with van der Waals surface area (Å²) in [5.74, 6) is 1.19. The molecule has 28 heavy (non-hydrogen) atoms. The molecule has 2 heterocycles. The molecule has 1 atom stereocenters. The molecule has 4 rings (SSSR count). The van der Waals surface area contributed by atoms with Crippen LogP contribution >= 0.6 is 11.8 Å². The Morgan fingerprint density at radius 3 is 2.39 bits per heavy atom. The molecule has 1 amide bonds. The van der Waals surface area contributed by atoms with Crippen molar-refractivity contribution < 1.29 is 17.6 Å². The van der Waals surface area contributed by atoms with E-state index >= 15 is 0 Å². The quantitative estimate of drug-likeness (QED) is 0.744. The third-order valence-corrected chi connectivity index (χ3v) is 8.01. The van der Waals surface area contributed by atoms with E-state index in [2.05, 4.69) is 4.90 Å². The fourth-order valence-electron chi connectivity index (χ4n) is 3.75. The first kappa shape index (κ1) is 19.4. The Kier molecular flexibility index (Phi) is 5.44. The molecule has 0 aromatic heterocycles. The topological polar surface area (TPSA) is 57.7 Å². The lowest BCUT2D eigenvalue weighted by atomic mass is 10.0. The summed E-state index contributed by atoms with van der Waals surface area (Å²) in [5.41, 5.74) is 0.821. The Hall–Kier alpha value is -1.90. The van der Waals surface area contributed by atoms with E-state index in [0.717, 1.165) is 28.9 Å². The van der Waals surface area contributed by atoms with Gasteiger partial charge in [0.2, 0.25) is 0 Å². The van der Waals surface area contributed by atoms with Crippen LogP contribution in [-0.4, -0.2) is 54.7 Å². The summed E-state index contributed by atoms with van der Waals surface area (Å²) >= 11 is 1.90. The fraction of sp³-hybridized carbons (Fsp3) is 0.350. The summed E-state index contributed by atoms with van der Waals surface area (Å²) < 4.78 is 40.7. The molecule has 0 aliphatic carbocycles. The van der Waals surface area contributed by atoms with Gasteiger partial charge in [-0.2, -0.15) is 11.8 Å². The van der Waals surface area contributed by atoms with Gasteiger partial charge >= 0.3 is 0 Å². The van der Waals surface area contributed by atoms with Gasteiger partial charge in [0.15, 0.2) is 0 Å². The van der Waals surface area contributed by atoms with E-state index in [0.29, 0.717) is 18.5 Å². The Balaban J connectivity index is 1.69. The van der Waals surface area contributed by atoms with Gasteiger partial charge in [0, 0.05) is 31.1 Å². The second kappa shape index (κ2) is 7.85. The van der Waals surface area contributed by atoms with Crippen LogP contribution < -0.4 is 0 Å². The summed E-state index contributed by atoms with van der Waals surface area (Å²) in [6.45, 7) is 2.57. The predicted octanol–water partition coefficient (Wildman–Crippen LogP) is 3.15. The largest absolute Gasteiger partial charge is 0.302 e. The van der Waals surface area contributed by atoms with Gasteiger partial charge < -0.3 is 4.90 Å². The summed E-state index contributed by atoms with van der Waals surface area (Å²) in [6, 6.07) is 11.4. The van der Waals surface area contributed by atoms with Crippen molar-refractivity contribution in [2.45, 2.75) is 17.4 Å². The first-order chi connectivity index (χ1) is 13.5. The van der Waals surface area contributed by atoms with Crippen molar-refractivity contribution in [3.8, 4) is 0 Å². The van der Waals surface area contributed by atoms with Crippen LogP contribution in [0, 0.1) is 5.82 Å². The molecule has 5 nitrogen and oxygen atoms in total. The number of halogens is 1. The normalized spacial score (nSPS) is 20.2. The zero-order valence-corrected chi connectivity index (χ0v) is 16.9. The van der Waals surface area contributed by atoms with E-state index in [1.54, 1.807) is 30.3 Å². The van der Waals surface area contributed by atoms with Gasteiger partial charge in [-0.1, -0.05) is 24.3 Å². The van der Waals surface area contributed by atoms with Gasteiger partial charge in [-0.15, -0.1) is 0 Å². The first-order valence-electron chi connectivity index (χ1n) is 9.22. The average molecular weight is 421 g/mol. The summed E-state index contributed by atoms with van der Waals surface area (Å²) in [6.07, 6.45) is 0.468. The SMILES string of the molecule is O=C1c2ccccc2S(=O)(=O)N1C(CCN1CCSCC1)c1ccc(F)cc1. The highest BCUT2D eigenvalue weighted by molar-refractivity contribution is 7.99. The summed E-state index contributed by atoms with van der Waals surface area (Å²) in [7, 11) is -3.94. The lowest BCUT2D eigenvalue weighted by Gasteiger charge is -2.31. The van der Waals surface area contributed by atoms with Crippen LogP contribution in [0.2, 0.25) is 0 Å². The van der Waals surface area contributed by atoms with Crippen LogP contribution in [0.15, 0.2) is 53.4 Å². The van der Waals surface area contributed by atoms with Crippen molar-refractivity contribution in [2.75, 3.05) is 31.1 Å². The van der Waals surface area contributed by atoms with Crippen LogP contribution in [0.5, 0.6) is 0 Å². The van der Waals surface area contributed by atoms with Gasteiger partial charge in [-0.05, 0) is 36.2 Å². The minimum Gasteiger partial charge on any atom is -0.302 e. The molecular formula is C20H21FN2O3S2. The van der Waals surface area contributed by atoms with Crippen molar-refractivity contribution in [2.24, 2.45) is 0 Å². The highest BCUT2D eigenvalue weighted by atomic mass is 32.2. The first-order valence-corrected chi connectivity index (χ1v) is 11.8. The molecule has 2 aliphatic heterocycles. The number of amides is 1. The molecule has 0 N–H and O–H groups in total. The number of sulfonamides is 1. The van der Waals surface area contributed by atoms with Gasteiger partial charge in [0.05, 0.1) is 11.6 Å². The van der Waals surface area contributed by atoms with Crippen LogP contribution in [-0.2, 0) is 10.0 Å². The van der Waals surface area contributed by atoms with Crippen molar-refractivity contribution in [1.82, 2.24) is 9.21 Å². The number of rotatable bonds is 5. The zero-order valence-electron chi connectivity index (χ0n) is 15.3. The Morgan fingerprint density at radius 2 is 1.71 bits per heavy atom. The predicted molar refractivity (Wildman–Crippen MR) is 107 cm³/mol. The number of carbonyl (C=O) groups is 1. The van der Waals surface area contributed by atoms with Crippen molar-refractivity contribution in [1.29, 1.82) is 0 Å². The van der Waals surface area contributed by atoms with Crippen molar-refractivity contribution in [3.05, 3.63) is 65.5 Å². The van der Waals surface area contributed by atoms with E-state index in [4.69, 9.17) is 0 Å². The highest BCUT2D eigenvalue weighted by Crippen LogP contribution is 2.38. The maximum Gasteiger partial charge on any atom is 0.269 e. The Morgan fingerprint density at radius 1 is 1.04 bits per heavy atom. The third-order valence-electron chi connectivity index (χ3n) is 5.21. The number of fused-ring (bicyclic) bond motifs is 1. The molecule has 1 fully saturated rings. The summed E-state index contributed by atoms with van der Waals surface area (Å²) in [5, 5.41) is 0. The summed E-state index contributed by atoms with van der Waals surface area (Å²) in [4.78, 5) is 15.3. The Labute approximate surface area is 168 Å². The molecule has 0 spiro atoms. The molecule has 2 aromatic rings. The van der Waals surface area contributed by atoms with Crippen LogP contribution in [0.25, 0.3) is 0 Å². The van der Waals surface area contributed by atoms with E-state index in [1.807, 2.05) is 11.8 Å². The average Bonchev–Trinajstić information content (AvgIpc) is 2.91. The standard InChI is InChI=1S/C20H21FN2O3S2/c21-16-7-5-15(6-8-16)18(9-10-22-11-13-27-14-12-22)23-20(24)17-3-1-2-4-19(17)28(23,25)26/h1-8,18H,9-14H2.